The minimum Gasteiger partial charge on any atom is -0.369 e. The van der Waals surface area contributed by atoms with Gasteiger partial charge in [-0.25, -0.2) is 0 Å². The first-order valence-electron chi connectivity index (χ1n) is 5.71. The van der Waals surface area contributed by atoms with Gasteiger partial charge >= 0.3 is 6.18 Å². The third-order valence-corrected chi connectivity index (χ3v) is 2.97. The molecule has 1 aliphatic rings. The predicted molar refractivity (Wildman–Crippen MR) is 63.2 cm³/mol. The molecule has 0 saturated carbocycles. The predicted octanol–water partition coefficient (Wildman–Crippen LogP) is 2.02. The van der Waals surface area contributed by atoms with Gasteiger partial charge in [0.1, 0.15) is 5.56 Å². The molecule has 2 rings (SSSR count). The molecule has 0 spiro atoms. The van der Waals surface area contributed by atoms with Crippen LogP contribution in [0.3, 0.4) is 0 Å². The van der Waals surface area contributed by atoms with Crippen molar-refractivity contribution in [3.05, 3.63) is 33.9 Å². The number of nitro benzene ring substituents is 1. The summed E-state index contributed by atoms with van der Waals surface area (Å²) in [6, 6.07) is 3.05. The monoisotopic (exact) mass is 275 g/mol. The van der Waals surface area contributed by atoms with Crippen LogP contribution in [0, 0.1) is 10.1 Å². The summed E-state index contributed by atoms with van der Waals surface area (Å²) in [5, 5.41) is 13.9. The molecule has 0 aliphatic carbocycles. The maximum Gasteiger partial charge on any atom is 0.423 e. The molecule has 1 N–H and O–H groups in total. The number of rotatable bonds is 2. The van der Waals surface area contributed by atoms with Crippen LogP contribution in [0.1, 0.15) is 5.56 Å². The summed E-state index contributed by atoms with van der Waals surface area (Å²) in [5.41, 5.74) is -1.67. The van der Waals surface area contributed by atoms with E-state index in [0.717, 1.165) is 12.1 Å². The first-order valence-corrected chi connectivity index (χ1v) is 5.71. The summed E-state index contributed by atoms with van der Waals surface area (Å²) >= 11 is 0. The Morgan fingerprint density at radius 2 is 1.89 bits per heavy atom. The molecule has 5 nitrogen and oxygen atoms in total. The number of nitrogens with one attached hydrogen (secondary N) is 1. The molecular weight excluding hydrogens is 263 g/mol. The normalized spacial score (nSPS) is 16.5. The minimum atomic E-state index is -4.72. The van der Waals surface area contributed by atoms with E-state index >= 15 is 0 Å². The van der Waals surface area contributed by atoms with Crippen LogP contribution in [-0.2, 0) is 6.18 Å². The third kappa shape index (κ3) is 2.95. The van der Waals surface area contributed by atoms with Gasteiger partial charge in [0, 0.05) is 37.9 Å². The number of nitrogens with zero attached hydrogens (tertiary/aromatic N) is 2. The zero-order valence-corrected chi connectivity index (χ0v) is 9.91. The molecule has 1 fully saturated rings. The van der Waals surface area contributed by atoms with Crippen molar-refractivity contribution in [3.8, 4) is 0 Å². The van der Waals surface area contributed by atoms with Gasteiger partial charge in [-0.2, -0.15) is 13.2 Å². The van der Waals surface area contributed by atoms with Gasteiger partial charge in [-0.05, 0) is 12.1 Å². The number of anilines is 1. The van der Waals surface area contributed by atoms with E-state index in [9.17, 15) is 23.3 Å². The number of halogens is 3. The van der Waals surface area contributed by atoms with Crippen LogP contribution in [0.4, 0.5) is 24.5 Å². The number of piperazine rings is 1. The van der Waals surface area contributed by atoms with Crippen LogP contribution in [-0.4, -0.2) is 31.1 Å². The second kappa shape index (κ2) is 5.04. The molecule has 0 atom stereocenters. The summed E-state index contributed by atoms with van der Waals surface area (Å²) in [6.45, 7) is 2.63. The second-order valence-corrected chi connectivity index (χ2v) is 4.19. The number of hydrogen-bond acceptors (Lipinski definition) is 4. The molecule has 1 aromatic carbocycles. The molecule has 1 aliphatic heterocycles. The van der Waals surface area contributed by atoms with E-state index in [-0.39, 0.29) is 0 Å². The molecule has 1 aromatic rings. The molecule has 0 aromatic heterocycles. The van der Waals surface area contributed by atoms with Crippen molar-refractivity contribution in [2.45, 2.75) is 6.18 Å². The highest BCUT2D eigenvalue weighted by molar-refractivity contribution is 5.58. The zero-order chi connectivity index (χ0) is 14.0. The van der Waals surface area contributed by atoms with Crippen molar-refractivity contribution in [2.24, 2.45) is 0 Å². The molecule has 8 heteroatoms. The summed E-state index contributed by atoms with van der Waals surface area (Å²) in [5.74, 6) is 0. The largest absolute Gasteiger partial charge is 0.423 e. The van der Waals surface area contributed by atoms with Gasteiger partial charge in [0.2, 0.25) is 0 Å². The highest BCUT2D eigenvalue weighted by Gasteiger charge is 2.38. The average Bonchev–Trinajstić information content (AvgIpc) is 2.38. The Kier molecular flexibility index (Phi) is 3.61. The zero-order valence-electron chi connectivity index (χ0n) is 9.91. The smallest absolute Gasteiger partial charge is 0.369 e. The highest BCUT2D eigenvalue weighted by Crippen LogP contribution is 2.38. The van der Waals surface area contributed by atoms with Crippen molar-refractivity contribution in [1.29, 1.82) is 0 Å². The van der Waals surface area contributed by atoms with E-state index in [4.69, 9.17) is 0 Å². The fourth-order valence-corrected chi connectivity index (χ4v) is 2.03. The van der Waals surface area contributed by atoms with Gasteiger partial charge in [0.15, 0.2) is 0 Å². The van der Waals surface area contributed by atoms with Crippen molar-refractivity contribution >= 4 is 11.4 Å². The van der Waals surface area contributed by atoms with Crippen LogP contribution < -0.4 is 10.2 Å². The molecule has 19 heavy (non-hydrogen) atoms. The number of nitro groups is 1. The van der Waals surface area contributed by atoms with Gasteiger partial charge < -0.3 is 10.2 Å². The molecule has 0 unspecified atom stereocenters. The summed E-state index contributed by atoms with van der Waals surface area (Å²) in [7, 11) is 0. The lowest BCUT2D eigenvalue weighted by molar-refractivity contribution is -0.388. The Hall–Kier alpha value is -1.83. The Morgan fingerprint density at radius 1 is 1.26 bits per heavy atom. The fraction of sp³-hybridized carbons (Fsp3) is 0.455. The molecule has 0 amide bonds. The highest BCUT2D eigenvalue weighted by atomic mass is 19.4. The molecule has 0 bridgehead atoms. The van der Waals surface area contributed by atoms with Gasteiger partial charge in [0.25, 0.3) is 5.69 Å². The lowest BCUT2D eigenvalue weighted by Gasteiger charge is -2.29. The maximum atomic E-state index is 12.7. The van der Waals surface area contributed by atoms with E-state index in [1.807, 2.05) is 4.90 Å². The van der Waals surface area contributed by atoms with Crippen LogP contribution in [0.5, 0.6) is 0 Å². The van der Waals surface area contributed by atoms with E-state index < -0.39 is 22.4 Å². The molecular formula is C11H12F3N3O2. The first-order chi connectivity index (χ1) is 8.89. The SMILES string of the molecule is O=[N+]([O-])c1cc(N2CCNCC2)ccc1C(F)(F)F. The van der Waals surface area contributed by atoms with Gasteiger partial charge in [-0.3, -0.25) is 10.1 Å². The van der Waals surface area contributed by atoms with E-state index in [1.165, 1.54) is 6.07 Å². The Morgan fingerprint density at radius 3 is 2.42 bits per heavy atom. The topological polar surface area (TPSA) is 58.4 Å². The number of benzene rings is 1. The standard InChI is InChI=1S/C11H12F3N3O2/c12-11(13,14)9-2-1-8(7-10(9)17(18)19)16-5-3-15-4-6-16/h1-2,7,15H,3-6H2. The Bertz CT molecular complexity index is 485. The van der Waals surface area contributed by atoms with E-state index in [1.54, 1.807) is 0 Å². The van der Waals surface area contributed by atoms with Crippen LogP contribution in [0.15, 0.2) is 18.2 Å². The van der Waals surface area contributed by atoms with Crippen molar-refractivity contribution in [3.63, 3.8) is 0 Å². The van der Waals surface area contributed by atoms with Crippen molar-refractivity contribution in [1.82, 2.24) is 5.32 Å². The molecule has 1 saturated heterocycles. The summed E-state index contributed by atoms with van der Waals surface area (Å²) in [4.78, 5) is 11.6. The van der Waals surface area contributed by atoms with Gasteiger partial charge in [-0.1, -0.05) is 0 Å². The van der Waals surface area contributed by atoms with E-state index in [2.05, 4.69) is 5.32 Å². The van der Waals surface area contributed by atoms with Crippen LogP contribution in [0.2, 0.25) is 0 Å². The third-order valence-electron chi connectivity index (χ3n) is 2.97. The maximum absolute atomic E-state index is 12.7. The minimum absolute atomic E-state index is 0.446. The Labute approximate surface area is 107 Å². The van der Waals surface area contributed by atoms with Crippen LogP contribution in [0.25, 0.3) is 0 Å². The van der Waals surface area contributed by atoms with Crippen molar-refractivity contribution in [2.75, 3.05) is 31.1 Å². The molecule has 104 valence electrons. The lowest BCUT2D eigenvalue weighted by atomic mass is 10.1. The quantitative estimate of drug-likeness (QED) is 0.662. The van der Waals surface area contributed by atoms with E-state index in [0.29, 0.717) is 31.9 Å². The molecule has 1 heterocycles. The van der Waals surface area contributed by atoms with Gasteiger partial charge in [-0.15, -0.1) is 0 Å². The fourth-order valence-electron chi connectivity index (χ4n) is 2.03. The Balaban J connectivity index is 2.38. The lowest BCUT2D eigenvalue weighted by Crippen LogP contribution is -2.43. The van der Waals surface area contributed by atoms with Gasteiger partial charge in [0.05, 0.1) is 4.92 Å². The number of alkyl halides is 3. The second-order valence-electron chi connectivity index (χ2n) is 4.19. The first kappa shape index (κ1) is 13.6. The van der Waals surface area contributed by atoms with Crippen LogP contribution >= 0.6 is 0 Å². The summed E-state index contributed by atoms with van der Waals surface area (Å²) < 4.78 is 38.0. The summed E-state index contributed by atoms with van der Waals surface area (Å²) in [6.07, 6.45) is -4.72. The number of hydrogen-bond donors (Lipinski definition) is 1. The van der Waals surface area contributed by atoms with Crippen molar-refractivity contribution < 1.29 is 18.1 Å². The average molecular weight is 275 g/mol. The molecule has 0 radical (unpaired) electrons.